The highest BCUT2D eigenvalue weighted by Gasteiger charge is 2.37. The van der Waals surface area contributed by atoms with E-state index in [1.165, 1.54) is 29.2 Å². The van der Waals surface area contributed by atoms with E-state index in [4.69, 9.17) is 23.1 Å². The van der Waals surface area contributed by atoms with Crippen molar-refractivity contribution in [1.29, 1.82) is 0 Å². The Kier molecular flexibility index (Phi) is 8.09. The summed E-state index contributed by atoms with van der Waals surface area (Å²) in [5.74, 6) is -2.45. The number of aromatic nitrogens is 1. The molecule has 0 saturated heterocycles. The van der Waals surface area contributed by atoms with Crippen LogP contribution in [0.4, 0.5) is 15.8 Å². The summed E-state index contributed by atoms with van der Waals surface area (Å²) in [5.41, 5.74) is 12.5. The number of rotatable bonds is 7. The highest BCUT2D eigenvalue weighted by atomic mass is 35.5. The normalized spacial score (nSPS) is 14.7. The molecule has 1 aromatic heterocycles. The van der Waals surface area contributed by atoms with Crippen molar-refractivity contribution in [2.75, 3.05) is 10.6 Å². The molecule has 1 aliphatic rings. The van der Waals surface area contributed by atoms with Gasteiger partial charge in [0.05, 0.1) is 5.69 Å². The van der Waals surface area contributed by atoms with Gasteiger partial charge >= 0.3 is 0 Å². The lowest BCUT2D eigenvalue weighted by Crippen LogP contribution is -2.47. The van der Waals surface area contributed by atoms with E-state index in [1.807, 2.05) is 6.92 Å². The van der Waals surface area contributed by atoms with Crippen LogP contribution in [-0.4, -0.2) is 28.1 Å². The van der Waals surface area contributed by atoms with E-state index in [0.717, 1.165) is 37.7 Å². The Balaban J connectivity index is 1.86. The summed E-state index contributed by atoms with van der Waals surface area (Å²) in [6.45, 7) is 1.81. The molecule has 37 heavy (non-hydrogen) atoms. The third-order valence-electron chi connectivity index (χ3n) is 6.45. The number of carbonyl (C=O) groups is 3. The quantitative estimate of drug-likeness (QED) is 0.395. The predicted molar refractivity (Wildman–Crippen MR) is 142 cm³/mol. The fourth-order valence-electron chi connectivity index (χ4n) is 4.44. The molecule has 1 fully saturated rings. The molecule has 11 heteroatoms. The standard InChI is InChI=1S/C26H27ClFN5O3S/c1-14-7-12-18(13-19(14)27)33(26(36)23-20(29)21(24(30)34)32-37-23)22(15-8-10-16(28)11-9-15)25(35)31-17-5-3-2-4-6-17/h7-13,17,22H,2-6,29H2,1H3,(H2,30,34)(H,31,35). The number of nitrogen functional groups attached to an aromatic ring is 1. The van der Waals surface area contributed by atoms with Gasteiger partial charge in [0.15, 0.2) is 5.69 Å². The number of carbonyl (C=O) groups excluding carboxylic acids is 3. The van der Waals surface area contributed by atoms with E-state index < -0.39 is 29.6 Å². The van der Waals surface area contributed by atoms with Crippen molar-refractivity contribution in [2.45, 2.75) is 51.1 Å². The summed E-state index contributed by atoms with van der Waals surface area (Å²) in [5, 5.41) is 3.46. The number of amides is 3. The Hall–Kier alpha value is -3.50. The van der Waals surface area contributed by atoms with Gasteiger partial charge in [-0.3, -0.25) is 19.3 Å². The number of hydrogen-bond acceptors (Lipinski definition) is 6. The van der Waals surface area contributed by atoms with E-state index >= 15 is 0 Å². The number of hydrogen-bond donors (Lipinski definition) is 3. The number of nitrogens with one attached hydrogen (secondary N) is 1. The van der Waals surface area contributed by atoms with Crippen LogP contribution >= 0.6 is 23.1 Å². The van der Waals surface area contributed by atoms with Gasteiger partial charge in [0, 0.05) is 16.8 Å². The molecular formula is C26H27ClFN5O3S. The predicted octanol–water partition coefficient (Wildman–Crippen LogP) is 4.76. The maximum atomic E-state index is 14.0. The van der Waals surface area contributed by atoms with Gasteiger partial charge in [-0.2, -0.15) is 4.37 Å². The lowest BCUT2D eigenvalue weighted by molar-refractivity contribution is -0.123. The van der Waals surface area contributed by atoms with Gasteiger partial charge in [0.1, 0.15) is 16.7 Å². The third kappa shape index (κ3) is 5.75. The summed E-state index contributed by atoms with van der Waals surface area (Å²) in [6.07, 6.45) is 4.75. The zero-order valence-electron chi connectivity index (χ0n) is 20.2. The SMILES string of the molecule is Cc1ccc(N(C(=O)c2snc(C(N)=O)c2N)C(C(=O)NC2CCCCC2)c2ccc(F)cc2)cc1Cl. The van der Waals surface area contributed by atoms with E-state index in [0.29, 0.717) is 27.8 Å². The van der Waals surface area contributed by atoms with Crippen LogP contribution in [0.15, 0.2) is 42.5 Å². The van der Waals surface area contributed by atoms with Crippen molar-refractivity contribution < 1.29 is 18.8 Å². The van der Waals surface area contributed by atoms with Crippen LogP contribution in [0.25, 0.3) is 0 Å². The molecule has 2 aromatic carbocycles. The Morgan fingerprint density at radius 3 is 2.41 bits per heavy atom. The second-order valence-electron chi connectivity index (χ2n) is 9.04. The molecule has 1 heterocycles. The van der Waals surface area contributed by atoms with Crippen molar-refractivity contribution in [1.82, 2.24) is 9.69 Å². The zero-order chi connectivity index (χ0) is 26.7. The number of nitrogens with zero attached hydrogens (tertiary/aromatic N) is 2. The molecule has 3 aromatic rings. The maximum Gasteiger partial charge on any atom is 0.273 e. The molecule has 1 atom stereocenters. The highest BCUT2D eigenvalue weighted by Crippen LogP contribution is 2.35. The van der Waals surface area contributed by atoms with Gasteiger partial charge in [0.25, 0.3) is 11.8 Å². The number of primary amides is 1. The van der Waals surface area contributed by atoms with Gasteiger partial charge < -0.3 is 16.8 Å². The Labute approximate surface area is 222 Å². The largest absolute Gasteiger partial charge is 0.395 e. The molecule has 0 spiro atoms. The van der Waals surface area contributed by atoms with Gasteiger partial charge in [-0.05, 0) is 66.7 Å². The number of aryl methyl sites for hydroxylation is 1. The van der Waals surface area contributed by atoms with Crippen LogP contribution in [0.1, 0.15) is 69.4 Å². The summed E-state index contributed by atoms with van der Waals surface area (Å²) in [7, 11) is 0. The van der Waals surface area contributed by atoms with Crippen LogP contribution in [0.5, 0.6) is 0 Å². The second-order valence-corrected chi connectivity index (χ2v) is 10.2. The molecule has 0 bridgehead atoms. The van der Waals surface area contributed by atoms with Crippen molar-refractivity contribution in [3.05, 3.63) is 75.0 Å². The average Bonchev–Trinajstić information content (AvgIpc) is 3.27. The molecule has 194 valence electrons. The van der Waals surface area contributed by atoms with Crippen molar-refractivity contribution in [3.63, 3.8) is 0 Å². The monoisotopic (exact) mass is 543 g/mol. The van der Waals surface area contributed by atoms with Gasteiger partial charge in [0.2, 0.25) is 5.91 Å². The lowest BCUT2D eigenvalue weighted by Gasteiger charge is -2.33. The first-order valence-corrected chi connectivity index (χ1v) is 13.0. The van der Waals surface area contributed by atoms with E-state index in [9.17, 15) is 18.8 Å². The fraction of sp³-hybridized carbons (Fsp3) is 0.308. The van der Waals surface area contributed by atoms with Crippen LogP contribution in [-0.2, 0) is 4.79 Å². The van der Waals surface area contributed by atoms with Crippen LogP contribution in [0, 0.1) is 12.7 Å². The summed E-state index contributed by atoms with van der Waals surface area (Å²) >= 11 is 7.12. The smallest absolute Gasteiger partial charge is 0.273 e. The van der Waals surface area contributed by atoms with Crippen LogP contribution in [0.2, 0.25) is 5.02 Å². The molecular weight excluding hydrogens is 517 g/mol. The number of halogens is 2. The first-order chi connectivity index (χ1) is 17.7. The van der Waals surface area contributed by atoms with E-state index in [-0.39, 0.29) is 22.3 Å². The van der Waals surface area contributed by atoms with E-state index in [2.05, 4.69) is 9.69 Å². The molecule has 1 aliphatic carbocycles. The van der Waals surface area contributed by atoms with E-state index in [1.54, 1.807) is 18.2 Å². The number of anilines is 2. The van der Waals surface area contributed by atoms with Crippen molar-refractivity contribution >= 4 is 52.2 Å². The Morgan fingerprint density at radius 1 is 1.14 bits per heavy atom. The molecule has 8 nitrogen and oxygen atoms in total. The highest BCUT2D eigenvalue weighted by molar-refractivity contribution is 7.09. The topological polar surface area (TPSA) is 131 Å². The number of benzene rings is 2. The van der Waals surface area contributed by atoms with Crippen LogP contribution in [0.3, 0.4) is 0 Å². The summed E-state index contributed by atoms with van der Waals surface area (Å²) in [6, 6.07) is 9.11. The first kappa shape index (κ1) is 26.6. The second kappa shape index (κ2) is 11.3. The minimum absolute atomic E-state index is 0.0438. The Bertz CT molecular complexity index is 1320. The summed E-state index contributed by atoms with van der Waals surface area (Å²) < 4.78 is 17.8. The minimum Gasteiger partial charge on any atom is -0.395 e. The molecule has 4 rings (SSSR count). The first-order valence-electron chi connectivity index (χ1n) is 11.9. The van der Waals surface area contributed by atoms with Gasteiger partial charge in [-0.25, -0.2) is 4.39 Å². The number of nitrogens with two attached hydrogens (primary N) is 2. The lowest BCUT2D eigenvalue weighted by atomic mass is 9.94. The molecule has 1 saturated carbocycles. The van der Waals surface area contributed by atoms with Crippen LogP contribution < -0.4 is 21.7 Å². The third-order valence-corrected chi connectivity index (χ3v) is 7.71. The van der Waals surface area contributed by atoms with Gasteiger partial charge in [-0.1, -0.05) is 49.1 Å². The zero-order valence-corrected chi connectivity index (χ0v) is 21.7. The Morgan fingerprint density at radius 2 is 1.81 bits per heavy atom. The average molecular weight is 544 g/mol. The minimum atomic E-state index is -1.19. The molecule has 5 N–H and O–H groups in total. The van der Waals surface area contributed by atoms with Crippen molar-refractivity contribution in [2.24, 2.45) is 5.73 Å². The molecule has 0 radical (unpaired) electrons. The van der Waals surface area contributed by atoms with Crippen molar-refractivity contribution in [3.8, 4) is 0 Å². The fourth-order valence-corrected chi connectivity index (χ4v) is 5.36. The maximum absolute atomic E-state index is 14.0. The summed E-state index contributed by atoms with van der Waals surface area (Å²) in [4.78, 5) is 40.8. The molecule has 3 amide bonds. The van der Waals surface area contributed by atoms with Gasteiger partial charge in [-0.15, -0.1) is 0 Å². The molecule has 1 unspecified atom stereocenters. The molecule has 0 aliphatic heterocycles.